The minimum Gasteiger partial charge on any atom is -0.461 e. The molecule has 1 aromatic rings. The molecular formula is C14H23N3O2S. The van der Waals surface area contributed by atoms with Crippen LogP contribution in [0.4, 0.5) is 5.13 Å². The average molecular weight is 297 g/mol. The highest BCUT2D eigenvalue weighted by Gasteiger charge is 2.20. The van der Waals surface area contributed by atoms with Crippen LogP contribution in [0.5, 0.6) is 0 Å². The van der Waals surface area contributed by atoms with Gasteiger partial charge in [0.05, 0.1) is 0 Å². The summed E-state index contributed by atoms with van der Waals surface area (Å²) in [6, 6.07) is 0. The minimum absolute atomic E-state index is 0.0704. The Morgan fingerprint density at radius 2 is 2.05 bits per heavy atom. The lowest BCUT2D eigenvalue weighted by atomic mass is 9.96. The zero-order chi connectivity index (χ0) is 14.6. The van der Waals surface area contributed by atoms with E-state index in [1.165, 1.54) is 18.0 Å². The third-order valence-electron chi connectivity index (χ3n) is 3.33. The van der Waals surface area contributed by atoms with Crippen LogP contribution in [0.3, 0.4) is 0 Å². The summed E-state index contributed by atoms with van der Waals surface area (Å²) in [5.74, 6) is 0.593. The number of rotatable bonds is 4. The minimum atomic E-state index is -0.204. The second-order valence-electron chi connectivity index (χ2n) is 6.28. The molecular weight excluding hydrogens is 274 g/mol. The fraction of sp³-hybridized carbons (Fsp3) is 0.786. The van der Waals surface area contributed by atoms with Gasteiger partial charge in [0.15, 0.2) is 0 Å². The van der Waals surface area contributed by atoms with Crippen LogP contribution < -0.4 is 5.32 Å². The molecule has 0 aliphatic heterocycles. The van der Waals surface area contributed by atoms with Crippen molar-refractivity contribution in [3.05, 3.63) is 5.82 Å². The number of nitrogens with zero attached hydrogens (tertiary/aromatic N) is 2. The largest absolute Gasteiger partial charge is 0.461 e. The zero-order valence-corrected chi connectivity index (χ0v) is 13.3. The van der Waals surface area contributed by atoms with Crippen molar-refractivity contribution in [2.45, 2.75) is 64.4 Å². The first-order valence-corrected chi connectivity index (χ1v) is 8.00. The zero-order valence-electron chi connectivity index (χ0n) is 12.4. The molecule has 5 nitrogen and oxygen atoms in total. The van der Waals surface area contributed by atoms with E-state index in [1.54, 1.807) is 0 Å². The predicted octanol–water partition coefficient (Wildman–Crippen LogP) is 3.12. The molecule has 20 heavy (non-hydrogen) atoms. The number of nitrogens with one attached hydrogen (secondary N) is 1. The average Bonchev–Trinajstić information content (AvgIpc) is 2.86. The van der Waals surface area contributed by atoms with Crippen molar-refractivity contribution in [3.63, 3.8) is 0 Å². The summed E-state index contributed by atoms with van der Waals surface area (Å²) in [6.45, 7) is 6.36. The molecule has 1 fully saturated rings. The van der Waals surface area contributed by atoms with Crippen LogP contribution in [0.1, 0.15) is 58.7 Å². The monoisotopic (exact) mass is 297 g/mol. The molecule has 0 unspecified atom stereocenters. The molecule has 0 atom stereocenters. The number of esters is 1. The van der Waals surface area contributed by atoms with Gasteiger partial charge in [-0.3, -0.25) is 4.79 Å². The van der Waals surface area contributed by atoms with Crippen molar-refractivity contribution in [1.29, 1.82) is 0 Å². The van der Waals surface area contributed by atoms with E-state index in [-0.39, 0.29) is 24.0 Å². The summed E-state index contributed by atoms with van der Waals surface area (Å²) in [5.41, 5.74) is -0.0704. The lowest BCUT2D eigenvalue weighted by Crippen LogP contribution is -2.25. The molecule has 1 aromatic heterocycles. The fourth-order valence-electron chi connectivity index (χ4n) is 2.16. The van der Waals surface area contributed by atoms with Crippen LogP contribution in [-0.2, 0) is 14.9 Å². The molecule has 0 spiro atoms. The Morgan fingerprint density at radius 1 is 1.35 bits per heavy atom. The topological polar surface area (TPSA) is 64.1 Å². The van der Waals surface area contributed by atoms with Gasteiger partial charge in [0.1, 0.15) is 18.5 Å². The fourth-order valence-corrected chi connectivity index (χ4v) is 2.91. The van der Waals surface area contributed by atoms with E-state index in [2.05, 4.69) is 35.4 Å². The van der Waals surface area contributed by atoms with Crippen LogP contribution in [-0.4, -0.2) is 28.0 Å². The maximum Gasteiger partial charge on any atom is 0.325 e. The van der Waals surface area contributed by atoms with Gasteiger partial charge < -0.3 is 10.1 Å². The van der Waals surface area contributed by atoms with E-state index in [1.807, 2.05) is 0 Å². The van der Waals surface area contributed by atoms with Gasteiger partial charge in [-0.2, -0.15) is 4.37 Å². The summed E-state index contributed by atoms with van der Waals surface area (Å²) >= 11 is 1.28. The molecule has 1 N–H and O–H groups in total. The summed E-state index contributed by atoms with van der Waals surface area (Å²) in [6.07, 6.45) is 5.69. The van der Waals surface area contributed by atoms with E-state index in [4.69, 9.17) is 4.74 Å². The van der Waals surface area contributed by atoms with Crippen molar-refractivity contribution in [3.8, 4) is 0 Å². The third kappa shape index (κ3) is 4.44. The number of carbonyl (C=O) groups is 1. The highest BCUT2D eigenvalue weighted by molar-refractivity contribution is 7.09. The molecule has 0 saturated heterocycles. The van der Waals surface area contributed by atoms with Crippen LogP contribution in [0, 0.1) is 0 Å². The predicted molar refractivity (Wildman–Crippen MR) is 80.1 cm³/mol. The molecule has 6 heteroatoms. The first-order chi connectivity index (χ1) is 9.45. The summed E-state index contributed by atoms with van der Waals surface area (Å²) in [5, 5.41) is 3.67. The highest BCUT2D eigenvalue weighted by Crippen LogP contribution is 2.23. The third-order valence-corrected chi connectivity index (χ3v) is 4.00. The van der Waals surface area contributed by atoms with E-state index < -0.39 is 0 Å². The SMILES string of the molecule is CC(C)(C)c1nsc(NCC(=O)OC2CCCCC2)n1. The van der Waals surface area contributed by atoms with Crippen molar-refractivity contribution < 1.29 is 9.53 Å². The number of carbonyl (C=O) groups excluding carboxylic acids is 1. The first kappa shape index (κ1) is 15.2. The van der Waals surface area contributed by atoms with E-state index >= 15 is 0 Å². The van der Waals surface area contributed by atoms with Crippen molar-refractivity contribution in [2.75, 3.05) is 11.9 Å². The van der Waals surface area contributed by atoms with Crippen LogP contribution in [0.2, 0.25) is 0 Å². The van der Waals surface area contributed by atoms with Crippen molar-refractivity contribution in [1.82, 2.24) is 9.36 Å². The molecule has 1 saturated carbocycles. The lowest BCUT2D eigenvalue weighted by molar-refractivity contribution is -0.148. The lowest BCUT2D eigenvalue weighted by Gasteiger charge is -2.21. The number of hydrogen-bond donors (Lipinski definition) is 1. The van der Waals surface area contributed by atoms with E-state index in [0.29, 0.717) is 5.13 Å². The van der Waals surface area contributed by atoms with E-state index in [0.717, 1.165) is 31.5 Å². The molecule has 0 bridgehead atoms. The number of anilines is 1. The van der Waals surface area contributed by atoms with Crippen LogP contribution in [0.25, 0.3) is 0 Å². The van der Waals surface area contributed by atoms with Gasteiger partial charge in [0.2, 0.25) is 5.13 Å². The highest BCUT2D eigenvalue weighted by atomic mass is 32.1. The Bertz CT molecular complexity index is 448. The maximum atomic E-state index is 11.8. The number of ether oxygens (including phenoxy) is 1. The molecule has 1 aliphatic carbocycles. The summed E-state index contributed by atoms with van der Waals surface area (Å²) in [4.78, 5) is 16.1. The van der Waals surface area contributed by atoms with Gasteiger partial charge >= 0.3 is 5.97 Å². The first-order valence-electron chi connectivity index (χ1n) is 7.23. The Labute approximate surface area is 124 Å². The van der Waals surface area contributed by atoms with Crippen molar-refractivity contribution in [2.24, 2.45) is 0 Å². The van der Waals surface area contributed by atoms with Gasteiger partial charge in [0.25, 0.3) is 0 Å². The van der Waals surface area contributed by atoms with Gasteiger partial charge in [-0.1, -0.05) is 27.2 Å². The Hall–Kier alpha value is -1.17. The number of hydrogen-bond acceptors (Lipinski definition) is 6. The summed E-state index contributed by atoms with van der Waals surface area (Å²) in [7, 11) is 0. The smallest absolute Gasteiger partial charge is 0.325 e. The second kappa shape index (κ2) is 6.52. The van der Waals surface area contributed by atoms with Gasteiger partial charge in [-0.15, -0.1) is 0 Å². The molecule has 1 aliphatic rings. The molecule has 1 heterocycles. The van der Waals surface area contributed by atoms with Gasteiger partial charge in [-0.05, 0) is 25.7 Å². The molecule has 0 radical (unpaired) electrons. The molecule has 112 valence electrons. The van der Waals surface area contributed by atoms with Crippen LogP contribution >= 0.6 is 11.5 Å². The molecule has 0 aromatic carbocycles. The quantitative estimate of drug-likeness (QED) is 0.865. The second-order valence-corrected chi connectivity index (χ2v) is 7.03. The Morgan fingerprint density at radius 3 is 2.65 bits per heavy atom. The van der Waals surface area contributed by atoms with Gasteiger partial charge in [-0.25, -0.2) is 4.98 Å². The number of aromatic nitrogens is 2. The van der Waals surface area contributed by atoms with Gasteiger partial charge in [0, 0.05) is 16.9 Å². The molecule has 2 rings (SSSR count). The maximum absolute atomic E-state index is 11.8. The Kier molecular flexibility index (Phi) is 4.96. The van der Waals surface area contributed by atoms with E-state index in [9.17, 15) is 4.79 Å². The standard InChI is InChI=1S/C14H23N3O2S/c1-14(2,3)12-16-13(20-17-12)15-9-11(18)19-10-7-5-4-6-8-10/h10H,4-9H2,1-3H3,(H,15,16,17). The van der Waals surface area contributed by atoms with Crippen LogP contribution in [0.15, 0.2) is 0 Å². The summed E-state index contributed by atoms with van der Waals surface area (Å²) < 4.78 is 9.74. The Balaban J connectivity index is 1.76. The van der Waals surface area contributed by atoms with Crippen molar-refractivity contribution >= 4 is 22.6 Å². The normalized spacial score (nSPS) is 16.9. The molecule has 0 amide bonds.